The summed E-state index contributed by atoms with van der Waals surface area (Å²) in [5.41, 5.74) is 1.79. The van der Waals surface area contributed by atoms with Gasteiger partial charge in [0.1, 0.15) is 0 Å². The summed E-state index contributed by atoms with van der Waals surface area (Å²) in [6, 6.07) is -0.0521. The molecule has 0 spiro atoms. The molecule has 7 heteroatoms. The van der Waals surface area contributed by atoms with Crippen LogP contribution in [-0.2, 0) is 7.05 Å². The van der Waals surface area contributed by atoms with Gasteiger partial charge in [0.15, 0.2) is 0 Å². The van der Waals surface area contributed by atoms with Gasteiger partial charge in [-0.1, -0.05) is 23.0 Å². The predicted molar refractivity (Wildman–Crippen MR) is 63.6 cm³/mol. The molecule has 2 rings (SSSR count). The molecular weight excluding hydrogens is 246 g/mol. The number of hydrogen-bond acceptors (Lipinski definition) is 5. The minimum absolute atomic E-state index is 0.0521. The van der Waals surface area contributed by atoms with E-state index in [4.69, 9.17) is 11.6 Å². The van der Waals surface area contributed by atoms with Crippen molar-refractivity contribution in [1.82, 2.24) is 24.7 Å². The van der Waals surface area contributed by atoms with Crippen LogP contribution >= 0.6 is 23.1 Å². The fraction of sp³-hybridized carbons (Fsp3) is 0.444. The van der Waals surface area contributed by atoms with Crippen molar-refractivity contribution in [1.29, 1.82) is 0 Å². The second-order valence-corrected chi connectivity index (χ2v) is 4.34. The number of nitrogens with zero attached hydrogens (tertiary/aromatic N) is 4. The minimum atomic E-state index is -0.0521. The van der Waals surface area contributed by atoms with Gasteiger partial charge in [-0.25, -0.2) is 0 Å². The van der Waals surface area contributed by atoms with Crippen molar-refractivity contribution < 1.29 is 0 Å². The van der Waals surface area contributed by atoms with Crippen molar-refractivity contribution in [2.45, 2.75) is 13.0 Å². The summed E-state index contributed by atoms with van der Waals surface area (Å²) in [7, 11) is 1.87. The lowest BCUT2D eigenvalue weighted by Crippen LogP contribution is -2.24. The molecule has 0 saturated heterocycles. The zero-order chi connectivity index (χ0) is 11.5. The standard InChI is InChI=1S/C9H12ClN5S/c1-3-11-8(7-5-16-14-13-7)9-6(10)4-12-15(9)2/h4-5,8,11H,3H2,1-2H3. The Hall–Kier alpha value is -0.980. The molecule has 0 bridgehead atoms. The maximum Gasteiger partial charge on any atom is 0.0986 e. The third-order valence-electron chi connectivity index (χ3n) is 2.29. The largest absolute Gasteiger partial charge is 0.304 e. The molecule has 1 unspecified atom stereocenters. The average molecular weight is 258 g/mol. The molecule has 0 aliphatic heterocycles. The SMILES string of the molecule is CCNC(c1csnn1)c1c(Cl)cnn1C. The van der Waals surface area contributed by atoms with Crippen LogP contribution in [0.4, 0.5) is 0 Å². The van der Waals surface area contributed by atoms with E-state index in [0.29, 0.717) is 5.02 Å². The predicted octanol–water partition coefficient (Wildman–Crippen LogP) is 1.62. The van der Waals surface area contributed by atoms with E-state index in [-0.39, 0.29) is 6.04 Å². The smallest absolute Gasteiger partial charge is 0.0986 e. The lowest BCUT2D eigenvalue weighted by molar-refractivity contribution is 0.561. The highest BCUT2D eigenvalue weighted by atomic mass is 35.5. The van der Waals surface area contributed by atoms with Gasteiger partial charge in [-0.3, -0.25) is 4.68 Å². The molecule has 5 nitrogen and oxygen atoms in total. The Labute approximate surface area is 103 Å². The van der Waals surface area contributed by atoms with E-state index < -0.39 is 0 Å². The highest BCUT2D eigenvalue weighted by Crippen LogP contribution is 2.26. The number of aromatic nitrogens is 4. The molecule has 0 aromatic carbocycles. The van der Waals surface area contributed by atoms with Gasteiger partial charge in [0.25, 0.3) is 0 Å². The van der Waals surface area contributed by atoms with Crippen LogP contribution in [0.1, 0.15) is 24.4 Å². The van der Waals surface area contributed by atoms with Crippen molar-refractivity contribution in [2.75, 3.05) is 6.54 Å². The van der Waals surface area contributed by atoms with Gasteiger partial charge in [-0.05, 0) is 18.1 Å². The van der Waals surface area contributed by atoms with Crippen molar-refractivity contribution >= 4 is 23.1 Å². The van der Waals surface area contributed by atoms with Gasteiger partial charge in [-0.2, -0.15) is 5.10 Å². The molecule has 0 amide bonds. The molecule has 0 aliphatic rings. The first-order valence-electron chi connectivity index (χ1n) is 4.91. The molecule has 2 aromatic heterocycles. The van der Waals surface area contributed by atoms with Crippen LogP contribution in [0, 0.1) is 0 Å². The number of aryl methyl sites for hydroxylation is 1. The summed E-state index contributed by atoms with van der Waals surface area (Å²) in [5, 5.41) is 14.1. The number of halogens is 1. The normalized spacial score (nSPS) is 12.9. The lowest BCUT2D eigenvalue weighted by Gasteiger charge is -2.16. The Balaban J connectivity index is 2.40. The van der Waals surface area contributed by atoms with E-state index in [1.54, 1.807) is 10.9 Å². The van der Waals surface area contributed by atoms with Crippen molar-refractivity contribution in [3.63, 3.8) is 0 Å². The fourth-order valence-corrected chi connectivity index (χ4v) is 2.34. The quantitative estimate of drug-likeness (QED) is 0.905. The monoisotopic (exact) mass is 257 g/mol. The van der Waals surface area contributed by atoms with E-state index in [1.807, 2.05) is 19.4 Å². The lowest BCUT2D eigenvalue weighted by atomic mass is 10.1. The first kappa shape index (κ1) is 11.5. The van der Waals surface area contributed by atoms with Gasteiger partial charge in [-0.15, -0.1) is 5.10 Å². The Kier molecular flexibility index (Phi) is 3.52. The van der Waals surface area contributed by atoms with Crippen LogP contribution in [0.15, 0.2) is 11.6 Å². The maximum absolute atomic E-state index is 6.12. The van der Waals surface area contributed by atoms with E-state index in [0.717, 1.165) is 17.9 Å². The summed E-state index contributed by atoms with van der Waals surface area (Å²) in [4.78, 5) is 0. The summed E-state index contributed by atoms with van der Waals surface area (Å²) in [5.74, 6) is 0. The molecular formula is C9H12ClN5S. The van der Waals surface area contributed by atoms with Crippen molar-refractivity contribution in [3.05, 3.63) is 28.0 Å². The molecule has 0 radical (unpaired) electrons. The van der Waals surface area contributed by atoms with Crippen LogP contribution in [0.5, 0.6) is 0 Å². The second-order valence-electron chi connectivity index (χ2n) is 3.32. The van der Waals surface area contributed by atoms with Gasteiger partial charge >= 0.3 is 0 Å². The third-order valence-corrected chi connectivity index (χ3v) is 3.11. The third kappa shape index (κ3) is 2.09. The fourth-order valence-electron chi connectivity index (χ4n) is 1.59. The zero-order valence-corrected chi connectivity index (χ0v) is 10.6. The minimum Gasteiger partial charge on any atom is -0.304 e. The summed E-state index contributed by atoms with van der Waals surface area (Å²) in [6.07, 6.45) is 1.64. The maximum atomic E-state index is 6.12. The van der Waals surface area contributed by atoms with Gasteiger partial charge in [0.05, 0.1) is 28.6 Å². The number of rotatable bonds is 4. The van der Waals surface area contributed by atoms with Crippen LogP contribution in [0.25, 0.3) is 0 Å². The van der Waals surface area contributed by atoms with Gasteiger partial charge in [0, 0.05) is 12.4 Å². The molecule has 2 aromatic rings. The van der Waals surface area contributed by atoms with E-state index in [1.165, 1.54) is 11.5 Å². The van der Waals surface area contributed by atoms with Crippen LogP contribution < -0.4 is 5.32 Å². The molecule has 1 N–H and O–H groups in total. The molecule has 0 aliphatic carbocycles. The van der Waals surface area contributed by atoms with Crippen LogP contribution in [0.3, 0.4) is 0 Å². The molecule has 16 heavy (non-hydrogen) atoms. The van der Waals surface area contributed by atoms with Crippen LogP contribution in [0.2, 0.25) is 5.02 Å². The zero-order valence-electron chi connectivity index (χ0n) is 9.01. The van der Waals surface area contributed by atoms with Gasteiger partial charge < -0.3 is 5.32 Å². The molecule has 86 valence electrons. The van der Waals surface area contributed by atoms with Crippen molar-refractivity contribution in [3.8, 4) is 0 Å². The Morgan fingerprint density at radius 1 is 1.62 bits per heavy atom. The Morgan fingerprint density at radius 3 is 2.94 bits per heavy atom. The summed E-state index contributed by atoms with van der Waals surface area (Å²) in [6.45, 7) is 2.86. The number of hydrogen-bond donors (Lipinski definition) is 1. The highest BCUT2D eigenvalue weighted by molar-refractivity contribution is 7.03. The van der Waals surface area contributed by atoms with Crippen molar-refractivity contribution in [2.24, 2.45) is 7.05 Å². The summed E-state index contributed by atoms with van der Waals surface area (Å²) >= 11 is 7.45. The Morgan fingerprint density at radius 2 is 2.44 bits per heavy atom. The Bertz CT molecular complexity index is 433. The van der Waals surface area contributed by atoms with E-state index in [9.17, 15) is 0 Å². The first-order chi connectivity index (χ1) is 7.74. The summed E-state index contributed by atoms with van der Waals surface area (Å²) < 4.78 is 5.63. The first-order valence-corrected chi connectivity index (χ1v) is 6.13. The number of nitrogens with one attached hydrogen (secondary N) is 1. The van der Waals surface area contributed by atoms with E-state index >= 15 is 0 Å². The topological polar surface area (TPSA) is 55.6 Å². The molecule has 0 saturated carbocycles. The molecule has 0 fully saturated rings. The highest BCUT2D eigenvalue weighted by Gasteiger charge is 2.22. The van der Waals surface area contributed by atoms with E-state index in [2.05, 4.69) is 20.0 Å². The molecule has 1 atom stereocenters. The average Bonchev–Trinajstić information content (AvgIpc) is 2.87. The molecule has 2 heterocycles. The second kappa shape index (κ2) is 4.90. The van der Waals surface area contributed by atoms with Crippen LogP contribution in [-0.4, -0.2) is 25.9 Å². The van der Waals surface area contributed by atoms with Gasteiger partial charge in [0.2, 0.25) is 0 Å².